The standard InChI is InChI=1S/C10H19NO4.C10H19NO3.C8H13NO5.C8H15NO4.C8H15NO3.C7H14N2O4.C7H13NO5.C7H13NO4S/c11-8(10(12)13)4-2-1-3-5-9-14-6-7-15-9;11-9(10(12)13)6-2-1-4-8-5-3-7-14-8;9-6(8(11)12)3-5(10)4-7-13-1-2-14-7;9-6(8(10)11)2-1-3-7-12-4-5-13-7;1-6(10)7(9)2-3-8-11-4-5-12-8;8-5(7(10)11)3-9-4-6-12-1-2-13-6;8-5(7(9)10)3-11-4-6-12-1-2-13-6;8-5(7(9)10)3-13-4-6-11-1-2-12-6/h8-9H,1-7,11H2,(H,12,13);8-9H,1-7,11H2,(H,12,13);6-7H,1-4,9H2,(H,11,12);6-7H,1-5,9H2,(H,10,11);7-8H,2-5,9H2,1H3;5-6,9H,1-4,8H2,(H,10,11);2*5-6H,1-4,8H2,(H,9,10). The molecule has 24 N–H and O–H groups in total. The number of carbonyl (C=O) groups is 9. The van der Waals surface area contributed by atoms with Gasteiger partial charge in [0.2, 0.25) is 0 Å². The largest absolute Gasteiger partial charge is 0.480 e. The third kappa shape index (κ3) is 54.3. The van der Waals surface area contributed by atoms with Gasteiger partial charge in [-0.15, -0.1) is 0 Å². The molecular formula is C65H121N9O32S. The zero-order valence-electron chi connectivity index (χ0n) is 61.2. The van der Waals surface area contributed by atoms with Crippen LogP contribution in [0, 0.1) is 0 Å². The highest BCUT2D eigenvalue weighted by molar-refractivity contribution is 7.99. The molecule has 0 aliphatic carbocycles. The molecule has 8 heterocycles. The van der Waals surface area contributed by atoms with Crippen molar-refractivity contribution in [2.75, 3.05) is 137 Å². The summed E-state index contributed by atoms with van der Waals surface area (Å²) in [7, 11) is 0. The lowest BCUT2D eigenvalue weighted by Crippen LogP contribution is -2.42. The van der Waals surface area contributed by atoms with Gasteiger partial charge in [-0.05, 0) is 77.6 Å². The van der Waals surface area contributed by atoms with E-state index < -0.39 is 90.4 Å². The molecule has 624 valence electrons. The van der Waals surface area contributed by atoms with Crippen molar-refractivity contribution in [2.45, 2.75) is 221 Å². The van der Waals surface area contributed by atoms with Crippen molar-refractivity contribution in [1.82, 2.24) is 5.32 Å². The highest BCUT2D eigenvalue weighted by Crippen LogP contribution is 2.20. The van der Waals surface area contributed by atoms with E-state index in [4.69, 9.17) is 157 Å². The van der Waals surface area contributed by atoms with Crippen molar-refractivity contribution in [2.24, 2.45) is 45.9 Å². The highest BCUT2D eigenvalue weighted by Gasteiger charge is 2.26. The number of Topliss-reactive ketones (excluding diaryl/α,β-unsaturated/α-hetero) is 2. The molecule has 8 rings (SSSR count). The minimum atomic E-state index is -1.17. The number of aliphatic carboxylic acids is 7. The smallest absolute Gasteiger partial charge is 0.322 e. The van der Waals surface area contributed by atoms with E-state index in [1.54, 1.807) is 0 Å². The van der Waals surface area contributed by atoms with Crippen molar-refractivity contribution in [1.29, 1.82) is 0 Å². The summed E-state index contributed by atoms with van der Waals surface area (Å²) >= 11 is 1.43. The number of carboxylic acids is 7. The SMILES string of the molecule is CC(=O)C(N)CCC1OCCO1.NC(CC(=O)CC1OCCO1)C(=O)O.NC(CCCC1OCCO1)C(=O)O.NC(CCCCC1CCCO1)C(=O)O.NC(CCCCCC1OCCO1)C(=O)O.NC(CNCC1OCCO1)C(=O)O.NC(COCC1OCCO1)C(=O)O.NC(CSCC1OCCO1)C(=O)O. The lowest BCUT2D eigenvalue weighted by molar-refractivity contribution is -0.142. The van der Waals surface area contributed by atoms with E-state index in [1.807, 2.05) is 0 Å². The Kier molecular flexibility index (Phi) is 58.5. The van der Waals surface area contributed by atoms with Crippen molar-refractivity contribution in [3.8, 4) is 0 Å². The van der Waals surface area contributed by atoms with Gasteiger partial charge in [0.05, 0.1) is 124 Å². The minimum Gasteiger partial charge on any atom is -0.480 e. The molecule has 8 saturated heterocycles. The number of unbranched alkanes of at least 4 members (excludes halogenated alkanes) is 3. The molecule has 8 fully saturated rings. The van der Waals surface area contributed by atoms with Crippen LogP contribution in [0.5, 0.6) is 0 Å². The Bertz CT molecular complexity index is 2230. The van der Waals surface area contributed by atoms with Crippen LogP contribution >= 0.6 is 11.8 Å². The van der Waals surface area contributed by atoms with Gasteiger partial charge >= 0.3 is 41.8 Å². The zero-order chi connectivity index (χ0) is 79.7. The van der Waals surface area contributed by atoms with Gasteiger partial charge in [0.1, 0.15) is 53.9 Å². The van der Waals surface area contributed by atoms with Crippen LogP contribution in [0.4, 0.5) is 0 Å². The number of hydrogen-bond donors (Lipinski definition) is 16. The topological polar surface area (TPSA) is 663 Å². The summed E-state index contributed by atoms with van der Waals surface area (Å²) < 4.78 is 82.5. The van der Waals surface area contributed by atoms with Gasteiger partial charge < -0.3 is 163 Å². The summed E-state index contributed by atoms with van der Waals surface area (Å²) in [6, 6.07) is -6.33. The minimum absolute atomic E-state index is 0.0213. The van der Waals surface area contributed by atoms with Crippen LogP contribution in [-0.4, -0.2) is 324 Å². The summed E-state index contributed by atoms with van der Waals surface area (Å²) in [6.45, 7) is 11.7. The van der Waals surface area contributed by atoms with Crippen LogP contribution in [0.2, 0.25) is 0 Å². The summed E-state index contributed by atoms with van der Waals surface area (Å²) in [6.07, 6.45) is 12.0. The van der Waals surface area contributed by atoms with E-state index in [-0.39, 0.29) is 87.9 Å². The van der Waals surface area contributed by atoms with Gasteiger partial charge in [-0.3, -0.25) is 43.2 Å². The Hall–Kier alpha value is -5.02. The lowest BCUT2D eigenvalue weighted by Gasteiger charge is -2.11. The van der Waals surface area contributed by atoms with Crippen molar-refractivity contribution < 1.29 is 155 Å². The van der Waals surface area contributed by atoms with Crippen molar-refractivity contribution >= 4 is 65.1 Å². The first kappa shape index (κ1) is 100.0. The predicted octanol–water partition coefficient (Wildman–Crippen LogP) is -2.37. The molecule has 8 aliphatic heterocycles. The number of hydrogen-bond acceptors (Lipinski definition) is 35. The lowest BCUT2D eigenvalue weighted by atomic mass is 10.1. The fraction of sp³-hybridized carbons (Fsp3) is 0.862. The van der Waals surface area contributed by atoms with E-state index in [1.165, 1.54) is 25.1 Å². The molecule has 8 aliphatic rings. The number of nitrogens with one attached hydrogen (secondary N) is 1. The van der Waals surface area contributed by atoms with Crippen molar-refractivity contribution in [3.05, 3.63) is 0 Å². The second kappa shape index (κ2) is 62.6. The molecule has 0 aromatic heterocycles. The van der Waals surface area contributed by atoms with Crippen molar-refractivity contribution in [3.63, 3.8) is 0 Å². The Balaban J connectivity index is 0.000000612. The summed E-state index contributed by atoms with van der Waals surface area (Å²) in [5, 5.41) is 62.2. The average Bonchev–Trinajstić information content (AvgIpc) is 1.90. The first-order valence-corrected chi connectivity index (χ1v) is 36.9. The van der Waals surface area contributed by atoms with Gasteiger partial charge in [0.15, 0.2) is 44.0 Å². The molecule has 0 aromatic carbocycles. The van der Waals surface area contributed by atoms with Crippen LogP contribution in [0.3, 0.4) is 0 Å². The third-order valence-electron chi connectivity index (χ3n) is 15.6. The molecule has 0 spiro atoms. The second-order valence-corrected chi connectivity index (χ2v) is 25.8. The Labute approximate surface area is 626 Å². The fourth-order valence-electron chi connectivity index (χ4n) is 9.40. The predicted molar refractivity (Wildman–Crippen MR) is 377 cm³/mol. The maximum Gasteiger partial charge on any atom is 0.322 e. The first-order valence-electron chi connectivity index (χ1n) is 35.8. The Morgan fingerprint density at radius 3 is 1.20 bits per heavy atom. The monoisotopic (exact) mass is 1570 g/mol. The maximum atomic E-state index is 11.2. The van der Waals surface area contributed by atoms with E-state index in [0.717, 1.165) is 70.8 Å². The normalized spacial score (nSPS) is 20.6. The van der Waals surface area contributed by atoms with Crippen LogP contribution < -0.4 is 51.2 Å². The van der Waals surface area contributed by atoms with Gasteiger partial charge in [-0.2, -0.15) is 11.8 Å². The summed E-state index contributed by atoms with van der Waals surface area (Å²) in [5.41, 5.74) is 42.5. The Morgan fingerprint density at radius 1 is 0.383 bits per heavy atom. The molecule has 0 bridgehead atoms. The number of thioether (sulfide) groups is 1. The van der Waals surface area contributed by atoms with E-state index >= 15 is 0 Å². The molecule has 9 atom stereocenters. The van der Waals surface area contributed by atoms with Crippen LogP contribution in [0.15, 0.2) is 0 Å². The molecular weight excluding hydrogens is 1450 g/mol. The second-order valence-electron chi connectivity index (χ2n) is 24.8. The quantitative estimate of drug-likeness (QED) is 0.0284. The number of rotatable bonds is 42. The molecule has 107 heavy (non-hydrogen) atoms. The zero-order valence-corrected chi connectivity index (χ0v) is 62.0. The molecule has 0 aromatic rings. The molecule has 42 heteroatoms. The van der Waals surface area contributed by atoms with E-state index in [0.29, 0.717) is 149 Å². The molecule has 0 radical (unpaired) electrons. The summed E-state index contributed by atoms with van der Waals surface area (Å²) in [5.74, 6) is -6.21. The molecule has 9 unspecified atom stereocenters. The van der Waals surface area contributed by atoms with Gasteiger partial charge in [0, 0.05) is 44.0 Å². The number of carboxylic acid groups (broad SMARTS) is 7. The highest BCUT2D eigenvalue weighted by atomic mass is 32.2. The van der Waals surface area contributed by atoms with Crippen LogP contribution in [-0.2, 0) is 119 Å². The summed E-state index contributed by atoms with van der Waals surface area (Å²) in [4.78, 5) is 94.3. The fourth-order valence-corrected chi connectivity index (χ4v) is 10.3. The van der Waals surface area contributed by atoms with Gasteiger partial charge in [-0.1, -0.05) is 25.7 Å². The van der Waals surface area contributed by atoms with E-state index in [2.05, 4.69) is 5.32 Å². The third-order valence-corrected chi connectivity index (χ3v) is 16.7. The molecule has 0 saturated carbocycles. The first-order chi connectivity index (χ1) is 51.0. The number of ether oxygens (including phenoxy) is 16. The maximum absolute atomic E-state index is 11.2. The van der Waals surface area contributed by atoms with Crippen LogP contribution in [0.1, 0.15) is 122 Å². The van der Waals surface area contributed by atoms with Crippen LogP contribution in [0.25, 0.3) is 0 Å². The van der Waals surface area contributed by atoms with E-state index in [9.17, 15) is 43.2 Å². The number of ketones is 2. The Morgan fingerprint density at radius 2 is 0.766 bits per heavy atom. The molecule has 0 amide bonds. The number of carbonyl (C=O) groups excluding carboxylic acids is 2. The average molecular weight is 1570 g/mol. The molecule has 41 nitrogen and oxygen atoms in total. The number of nitrogens with two attached hydrogens (primary N) is 8. The van der Waals surface area contributed by atoms with Gasteiger partial charge in [0.25, 0.3) is 0 Å². The van der Waals surface area contributed by atoms with Gasteiger partial charge in [-0.25, -0.2) is 0 Å².